The van der Waals surface area contributed by atoms with Crippen LogP contribution in [-0.2, 0) is 17.3 Å². The molecule has 9 atom stereocenters. The summed E-state index contributed by atoms with van der Waals surface area (Å²) in [6.45, 7) is -1.06. The molecule has 15 heteroatoms. The Bertz CT molecular complexity index is 738. The van der Waals surface area contributed by atoms with Crippen LogP contribution in [0.1, 0.15) is 11.1 Å². The van der Waals surface area contributed by atoms with Crippen molar-refractivity contribution in [2.24, 2.45) is 0 Å². The summed E-state index contributed by atoms with van der Waals surface area (Å²) in [4.78, 5) is 0. The maximum absolute atomic E-state index is 12.4. The Balaban J connectivity index is 0.000000450. The molecule has 1 saturated heterocycles. The van der Waals surface area contributed by atoms with Gasteiger partial charge in [0.25, 0.3) is 0 Å². The van der Waals surface area contributed by atoms with E-state index in [9.17, 15) is 33.6 Å². The molecule has 1 aromatic carbocycles. The lowest BCUT2D eigenvalue weighted by Gasteiger charge is -2.37. The van der Waals surface area contributed by atoms with Crippen molar-refractivity contribution < 1.29 is 69.0 Å². The van der Waals surface area contributed by atoms with Gasteiger partial charge in [-0.2, -0.15) is 13.2 Å². The van der Waals surface area contributed by atoms with Gasteiger partial charge in [0.15, 0.2) is 6.29 Å². The molecule has 36 heavy (non-hydrogen) atoms. The average molecular weight is 533 g/mol. The highest BCUT2D eigenvalue weighted by molar-refractivity contribution is 5.24. The molecule has 12 nitrogen and oxygen atoms in total. The third kappa shape index (κ3) is 9.77. The minimum Gasteiger partial charge on any atom is -0.394 e. The van der Waals surface area contributed by atoms with Crippen LogP contribution < -0.4 is 5.32 Å². The number of aliphatic hydroxyl groups excluding tert-OH is 10. The predicted molar refractivity (Wildman–Crippen MR) is 115 cm³/mol. The maximum Gasteiger partial charge on any atom is 0.416 e. The number of benzene rings is 1. The molecule has 1 unspecified atom stereocenters. The number of ether oxygens (including phenoxy) is 1. The summed E-state index contributed by atoms with van der Waals surface area (Å²) >= 11 is 0. The Morgan fingerprint density at radius 1 is 0.833 bits per heavy atom. The average Bonchev–Trinajstić information content (AvgIpc) is 2.86. The lowest BCUT2D eigenvalue weighted by molar-refractivity contribution is -0.286. The van der Waals surface area contributed by atoms with Gasteiger partial charge < -0.3 is 61.1 Å². The molecule has 11 N–H and O–H groups in total. The fraction of sp³-hybridized carbons (Fsp3) is 0.714. The van der Waals surface area contributed by atoms with Crippen LogP contribution in [-0.4, -0.2) is 132 Å². The molecule has 210 valence electrons. The van der Waals surface area contributed by atoms with Crippen LogP contribution in [0, 0.1) is 0 Å². The van der Waals surface area contributed by atoms with Gasteiger partial charge in [0.05, 0.1) is 24.9 Å². The van der Waals surface area contributed by atoms with Crippen molar-refractivity contribution in [1.29, 1.82) is 0 Å². The second-order valence-corrected chi connectivity index (χ2v) is 8.17. The van der Waals surface area contributed by atoms with Crippen LogP contribution in [0.5, 0.6) is 0 Å². The standard InChI is InChI=1S/C15H22F3NO5.C6H12O6/c16-15(17,18)10-3-1-9(2-4-10)5-6-19-7-11(21)13(23)14(24)12(22)8-20;7-1-2-3(8)4(9)5(10)6(11)12-2/h1-4,11-14,19-24H,5-8H2;2-11H,1H2/t11-,12+,13+,14+;2-,3-,4+,5-,6?/m01/s1. The van der Waals surface area contributed by atoms with E-state index in [1.165, 1.54) is 12.1 Å². The second kappa shape index (κ2) is 15.1. The molecule has 0 amide bonds. The zero-order valence-corrected chi connectivity index (χ0v) is 19.1. The first-order valence-corrected chi connectivity index (χ1v) is 10.9. The van der Waals surface area contributed by atoms with Gasteiger partial charge in [0, 0.05) is 6.54 Å². The van der Waals surface area contributed by atoms with Gasteiger partial charge in [0.2, 0.25) is 0 Å². The van der Waals surface area contributed by atoms with Gasteiger partial charge >= 0.3 is 6.18 Å². The number of rotatable bonds is 10. The molecular weight excluding hydrogens is 499 g/mol. The minimum absolute atomic E-state index is 0.100. The minimum atomic E-state index is -4.38. The predicted octanol–water partition coefficient (Wildman–Crippen LogP) is -3.95. The fourth-order valence-corrected chi connectivity index (χ4v) is 3.11. The summed E-state index contributed by atoms with van der Waals surface area (Å²) in [5.41, 5.74) is -0.0598. The van der Waals surface area contributed by atoms with E-state index in [0.717, 1.165) is 12.1 Å². The zero-order valence-electron chi connectivity index (χ0n) is 19.1. The fourth-order valence-electron chi connectivity index (χ4n) is 3.11. The van der Waals surface area contributed by atoms with Gasteiger partial charge in [-0.15, -0.1) is 0 Å². The molecule has 1 fully saturated rings. The molecule has 2 rings (SSSR count). The highest BCUT2D eigenvalue weighted by atomic mass is 19.4. The lowest BCUT2D eigenvalue weighted by atomic mass is 10.00. The maximum atomic E-state index is 12.4. The largest absolute Gasteiger partial charge is 0.416 e. The SMILES string of the molecule is OC[C@@H](O)[C@@H](O)[C@H](O)[C@@H](O)CNCCc1ccc(C(F)(F)F)cc1.OC[C@H]1OC(O)[C@H](O)[C@@H](O)[C@@H]1O. The number of halogens is 3. The Hall–Kier alpha value is -1.47. The molecule has 1 aliphatic heterocycles. The third-order valence-corrected chi connectivity index (χ3v) is 5.42. The Kier molecular flexibility index (Phi) is 13.6. The van der Waals surface area contributed by atoms with Crippen LogP contribution >= 0.6 is 0 Å². The topological polar surface area (TPSA) is 224 Å². The highest BCUT2D eigenvalue weighted by Gasteiger charge is 2.42. The quantitative estimate of drug-likeness (QED) is 0.130. The summed E-state index contributed by atoms with van der Waals surface area (Å²) in [6.07, 6.45) is -17.3. The molecule has 0 bridgehead atoms. The van der Waals surface area contributed by atoms with Crippen LogP contribution in [0.2, 0.25) is 0 Å². The number of nitrogens with one attached hydrogen (secondary N) is 1. The van der Waals surface area contributed by atoms with Gasteiger partial charge in [-0.25, -0.2) is 0 Å². The van der Waals surface area contributed by atoms with Crippen molar-refractivity contribution >= 4 is 0 Å². The number of hydrogen-bond donors (Lipinski definition) is 11. The molecule has 1 heterocycles. The Morgan fingerprint density at radius 3 is 1.89 bits per heavy atom. The normalized spacial score (nSPS) is 28.0. The molecule has 1 aromatic rings. The summed E-state index contributed by atoms with van der Waals surface area (Å²) in [7, 11) is 0. The van der Waals surface area contributed by atoms with Crippen LogP contribution in [0.4, 0.5) is 13.2 Å². The zero-order chi connectivity index (χ0) is 27.6. The highest BCUT2D eigenvalue weighted by Crippen LogP contribution is 2.29. The van der Waals surface area contributed by atoms with Crippen molar-refractivity contribution in [3.8, 4) is 0 Å². The van der Waals surface area contributed by atoms with E-state index in [1.54, 1.807) is 0 Å². The van der Waals surface area contributed by atoms with Gasteiger partial charge in [-0.1, -0.05) is 12.1 Å². The van der Waals surface area contributed by atoms with E-state index >= 15 is 0 Å². The van der Waals surface area contributed by atoms with Gasteiger partial charge in [-0.3, -0.25) is 0 Å². The van der Waals surface area contributed by atoms with Crippen molar-refractivity contribution in [3.05, 3.63) is 35.4 Å². The first kappa shape index (κ1) is 32.6. The van der Waals surface area contributed by atoms with E-state index in [1.807, 2.05) is 0 Å². The van der Waals surface area contributed by atoms with Crippen LogP contribution in [0.3, 0.4) is 0 Å². The second-order valence-electron chi connectivity index (χ2n) is 8.17. The summed E-state index contributed by atoms with van der Waals surface area (Å²) in [5.74, 6) is 0. The van der Waals surface area contributed by atoms with Crippen molar-refractivity contribution in [3.63, 3.8) is 0 Å². The van der Waals surface area contributed by atoms with Crippen LogP contribution in [0.25, 0.3) is 0 Å². The van der Waals surface area contributed by atoms with E-state index in [-0.39, 0.29) is 6.54 Å². The summed E-state index contributed by atoms with van der Waals surface area (Å²) in [5, 5.41) is 94.0. The van der Waals surface area contributed by atoms with E-state index in [0.29, 0.717) is 18.5 Å². The molecular formula is C21H34F3NO11. The molecule has 1 aliphatic rings. The molecule has 0 spiro atoms. The van der Waals surface area contributed by atoms with Crippen LogP contribution in [0.15, 0.2) is 24.3 Å². The number of hydrogen-bond acceptors (Lipinski definition) is 12. The first-order valence-electron chi connectivity index (χ1n) is 10.9. The first-order chi connectivity index (χ1) is 16.7. The smallest absolute Gasteiger partial charge is 0.394 e. The molecule has 0 aliphatic carbocycles. The third-order valence-electron chi connectivity index (χ3n) is 5.42. The van der Waals surface area contributed by atoms with Crippen molar-refractivity contribution in [2.75, 3.05) is 26.3 Å². The van der Waals surface area contributed by atoms with E-state index in [4.69, 9.17) is 30.6 Å². The summed E-state index contributed by atoms with van der Waals surface area (Å²) in [6, 6.07) is 4.69. The van der Waals surface area contributed by atoms with Crippen molar-refractivity contribution in [1.82, 2.24) is 5.32 Å². The van der Waals surface area contributed by atoms with Gasteiger partial charge in [0.1, 0.15) is 42.7 Å². The van der Waals surface area contributed by atoms with E-state index < -0.39 is 80.1 Å². The number of alkyl halides is 3. The van der Waals surface area contributed by atoms with E-state index in [2.05, 4.69) is 10.1 Å². The molecule has 0 saturated carbocycles. The van der Waals surface area contributed by atoms with Crippen molar-refractivity contribution in [2.45, 2.75) is 67.7 Å². The van der Waals surface area contributed by atoms with Gasteiger partial charge in [-0.05, 0) is 30.7 Å². The molecule has 0 aromatic heterocycles. The lowest BCUT2D eigenvalue weighted by Crippen LogP contribution is -2.58. The summed E-state index contributed by atoms with van der Waals surface area (Å²) < 4.78 is 41.8. The Morgan fingerprint density at radius 2 is 1.39 bits per heavy atom. The number of aliphatic hydroxyl groups is 10. The monoisotopic (exact) mass is 533 g/mol. The molecule has 0 radical (unpaired) electrons. The Labute approximate surface area is 204 Å².